The van der Waals surface area contributed by atoms with E-state index < -0.39 is 0 Å². The van der Waals surface area contributed by atoms with Crippen LogP contribution in [0.25, 0.3) is 16.6 Å². The highest BCUT2D eigenvalue weighted by Crippen LogP contribution is 2.17. The van der Waals surface area contributed by atoms with Crippen LogP contribution in [0.1, 0.15) is 15.9 Å². The highest BCUT2D eigenvalue weighted by molar-refractivity contribution is 5.97. The number of carbonyl (C=O) groups is 1. The maximum absolute atomic E-state index is 12.8. The second kappa shape index (κ2) is 7.98. The Balaban J connectivity index is 1.59. The zero-order valence-electron chi connectivity index (χ0n) is 15.8. The van der Waals surface area contributed by atoms with Gasteiger partial charge < -0.3 is 10.1 Å². The summed E-state index contributed by atoms with van der Waals surface area (Å²) in [7, 11) is 1.60. The minimum Gasteiger partial charge on any atom is -0.496 e. The maximum atomic E-state index is 12.8. The molecule has 3 aromatic carbocycles. The molecule has 0 aliphatic carbocycles. The molecule has 6 heteroatoms. The van der Waals surface area contributed by atoms with Gasteiger partial charge in [-0.05, 0) is 36.4 Å². The van der Waals surface area contributed by atoms with Crippen molar-refractivity contribution >= 4 is 16.8 Å². The van der Waals surface area contributed by atoms with Crippen LogP contribution in [-0.2, 0) is 6.54 Å². The smallest absolute Gasteiger partial charge is 0.265 e. The lowest BCUT2D eigenvalue weighted by Gasteiger charge is -2.10. The van der Waals surface area contributed by atoms with E-state index in [1.54, 1.807) is 25.3 Å². The molecular weight excluding hydrogens is 366 g/mol. The molecule has 6 nitrogen and oxygen atoms in total. The van der Waals surface area contributed by atoms with Gasteiger partial charge in [0.25, 0.3) is 11.5 Å². The molecule has 0 spiro atoms. The molecule has 0 aliphatic rings. The third-order valence-corrected chi connectivity index (χ3v) is 4.69. The van der Waals surface area contributed by atoms with Crippen LogP contribution < -0.4 is 15.6 Å². The van der Waals surface area contributed by atoms with Crippen molar-refractivity contribution in [1.29, 1.82) is 0 Å². The van der Waals surface area contributed by atoms with Crippen molar-refractivity contribution < 1.29 is 9.53 Å². The van der Waals surface area contributed by atoms with Crippen LogP contribution in [0.15, 0.2) is 83.9 Å². The number of rotatable bonds is 5. The molecule has 0 aliphatic heterocycles. The molecule has 0 atom stereocenters. The summed E-state index contributed by atoms with van der Waals surface area (Å²) in [6.45, 7) is 0.337. The van der Waals surface area contributed by atoms with Crippen molar-refractivity contribution in [2.45, 2.75) is 6.54 Å². The monoisotopic (exact) mass is 385 g/mol. The number of methoxy groups -OCH3 is 1. The molecule has 0 saturated carbocycles. The summed E-state index contributed by atoms with van der Waals surface area (Å²) < 4.78 is 6.79. The minimum atomic E-state index is -0.244. The van der Waals surface area contributed by atoms with E-state index in [2.05, 4.69) is 10.3 Å². The Morgan fingerprint density at radius 2 is 1.79 bits per heavy atom. The maximum Gasteiger partial charge on any atom is 0.265 e. The first-order valence-electron chi connectivity index (χ1n) is 9.14. The summed E-state index contributed by atoms with van der Waals surface area (Å²) in [5.74, 6) is 0.473. The van der Waals surface area contributed by atoms with Gasteiger partial charge in [0.15, 0.2) is 0 Å². The molecule has 1 heterocycles. The molecule has 0 fully saturated rings. The van der Waals surface area contributed by atoms with Gasteiger partial charge in [0, 0.05) is 17.7 Å². The minimum absolute atomic E-state index is 0.179. The molecule has 4 aromatic rings. The average Bonchev–Trinajstić information content (AvgIpc) is 2.78. The SMILES string of the molecule is COc1ccccc1CNC(=O)c1ccc2c(=O)n(-c3ccccc3)cnc2c1. The third-order valence-electron chi connectivity index (χ3n) is 4.69. The van der Waals surface area contributed by atoms with Crippen molar-refractivity contribution in [3.05, 3.63) is 101 Å². The highest BCUT2D eigenvalue weighted by Gasteiger charge is 2.11. The van der Waals surface area contributed by atoms with Crippen molar-refractivity contribution in [1.82, 2.24) is 14.9 Å². The molecule has 1 aromatic heterocycles. The number of benzene rings is 3. The quantitative estimate of drug-likeness (QED) is 0.572. The van der Waals surface area contributed by atoms with Gasteiger partial charge >= 0.3 is 0 Å². The predicted octanol–water partition coefficient (Wildman–Crippen LogP) is 3.32. The van der Waals surface area contributed by atoms with Gasteiger partial charge in [-0.3, -0.25) is 14.2 Å². The second-order valence-corrected chi connectivity index (χ2v) is 6.48. The number of nitrogens with one attached hydrogen (secondary N) is 1. The first-order chi connectivity index (χ1) is 14.2. The number of fused-ring (bicyclic) bond motifs is 1. The summed E-state index contributed by atoms with van der Waals surface area (Å²) >= 11 is 0. The number of hydrogen-bond acceptors (Lipinski definition) is 4. The number of aromatic nitrogens is 2. The van der Waals surface area contributed by atoms with E-state index in [0.29, 0.717) is 23.0 Å². The normalized spacial score (nSPS) is 10.7. The molecule has 144 valence electrons. The number of nitrogens with zero attached hydrogens (tertiary/aromatic N) is 2. The number of hydrogen-bond donors (Lipinski definition) is 1. The summed E-state index contributed by atoms with van der Waals surface area (Å²) in [5.41, 5.74) is 2.37. The molecule has 0 saturated heterocycles. The molecule has 0 unspecified atom stereocenters. The zero-order chi connectivity index (χ0) is 20.2. The van der Waals surface area contributed by atoms with Crippen LogP contribution in [0.4, 0.5) is 0 Å². The second-order valence-electron chi connectivity index (χ2n) is 6.48. The Labute approximate surface area is 167 Å². The fraction of sp³-hybridized carbons (Fsp3) is 0.0870. The van der Waals surface area contributed by atoms with Crippen molar-refractivity contribution in [2.75, 3.05) is 7.11 Å². The van der Waals surface area contributed by atoms with Crippen LogP contribution in [-0.4, -0.2) is 22.6 Å². The fourth-order valence-corrected chi connectivity index (χ4v) is 3.16. The standard InChI is InChI=1S/C23H19N3O3/c1-29-21-10-6-5-7-17(21)14-24-22(27)16-11-12-19-20(13-16)25-15-26(23(19)28)18-8-3-2-4-9-18/h2-13,15H,14H2,1H3,(H,24,27). The summed E-state index contributed by atoms with van der Waals surface area (Å²) in [6, 6.07) is 21.7. The molecule has 4 rings (SSSR count). The highest BCUT2D eigenvalue weighted by atomic mass is 16.5. The molecule has 1 N–H and O–H groups in total. The fourth-order valence-electron chi connectivity index (χ4n) is 3.16. The lowest BCUT2D eigenvalue weighted by atomic mass is 10.1. The molecule has 1 amide bonds. The van der Waals surface area contributed by atoms with Gasteiger partial charge in [0.1, 0.15) is 12.1 Å². The van der Waals surface area contributed by atoms with Gasteiger partial charge in [-0.2, -0.15) is 0 Å². The molecule has 29 heavy (non-hydrogen) atoms. The van der Waals surface area contributed by atoms with Crippen molar-refractivity contribution in [3.8, 4) is 11.4 Å². The van der Waals surface area contributed by atoms with Gasteiger partial charge in [-0.1, -0.05) is 36.4 Å². The van der Waals surface area contributed by atoms with E-state index in [1.165, 1.54) is 10.9 Å². The van der Waals surface area contributed by atoms with Gasteiger partial charge in [0.05, 0.1) is 23.7 Å². The predicted molar refractivity (Wildman–Crippen MR) is 112 cm³/mol. The lowest BCUT2D eigenvalue weighted by molar-refractivity contribution is 0.0951. The van der Waals surface area contributed by atoms with Gasteiger partial charge in [-0.15, -0.1) is 0 Å². The van der Waals surface area contributed by atoms with Crippen molar-refractivity contribution in [3.63, 3.8) is 0 Å². The Morgan fingerprint density at radius 1 is 1.03 bits per heavy atom. The number of para-hydroxylation sites is 2. The summed E-state index contributed by atoms with van der Waals surface area (Å²) in [5, 5.41) is 3.33. The van der Waals surface area contributed by atoms with Crippen LogP contribution in [0.2, 0.25) is 0 Å². The van der Waals surface area contributed by atoms with E-state index in [-0.39, 0.29) is 11.5 Å². The van der Waals surface area contributed by atoms with Crippen LogP contribution in [0.3, 0.4) is 0 Å². The number of carbonyl (C=O) groups excluding carboxylic acids is 1. The van der Waals surface area contributed by atoms with Gasteiger partial charge in [0.2, 0.25) is 0 Å². The van der Waals surface area contributed by atoms with E-state index >= 15 is 0 Å². The van der Waals surface area contributed by atoms with E-state index in [4.69, 9.17) is 4.74 Å². The van der Waals surface area contributed by atoms with E-state index in [9.17, 15) is 9.59 Å². The summed E-state index contributed by atoms with van der Waals surface area (Å²) in [6.07, 6.45) is 1.48. The zero-order valence-corrected chi connectivity index (χ0v) is 15.8. The molecule has 0 bridgehead atoms. The van der Waals surface area contributed by atoms with Crippen LogP contribution in [0, 0.1) is 0 Å². The Kier molecular flexibility index (Phi) is 5.07. The van der Waals surface area contributed by atoms with E-state index in [1.807, 2.05) is 54.6 Å². The van der Waals surface area contributed by atoms with Crippen molar-refractivity contribution in [2.24, 2.45) is 0 Å². The summed E-state index contributed by atoms with van der Waals surface area (Å²) in [4.78, 5) is 29.7. The van der Waals surface area contributed by atoms with E-state index in [0.717, 1.165) is 17.0 Å². The Hall–Kier alpha value is -3.93. The Bertz CT molecular complexity index is 1230. The largest absolute Gasteiger partial charge is 0.496 e. The van der Waals surface area contributed by atoms with Crippen LogP contribution in [0.5, 0.6) is 5.75 Å². The lowest BCUT2D eigenvalue weighted by Crippen LogP contribution is -2.23. The molecular formula is C23H19N3O3. The topological polar surface area (TPSA) is 73.2 Å². The number of amides is 1. The first-order valence-corrected chi connectivity index (χ1v) is 9.14. The number of ether oxygens (including phenoxy) is 1. The third kappa shape index (κ3) is 3.73. The van der Waals surface area contributed by atoms with Crippen LogP contribution >= 0.6 is 0 Å². The molecule has 0 radical (unpaired) electrons. The first kappa shape index (κ1) is 18.4. The van der Waals surface area contributed by atoms with Gasteiger partial charge in [-0.25, -0.2) is 4.98 Å². The Morgan fingerprint density at radius 3 is 2.59 bits per heavy atom. The average molecular weight is 385 g/mol.